The van der Waals surface area contributed by atoms with Crippen molar-refractivity contribution < 1.29 is 9.53 Å². The van der Waals surface area contributed by atoms with E-state index >= 15 is 0 Å². The smallest absolute Gasteiger partial charge is 0.248 e. The molecule has 0 unspecified atom stereocenters. The van der Waals surface area contributed by atoms with E-state index in [1.165, 1.54) is 6.07 Å². The molecule has 2 rings (SSSR count). The molecule has 0 radical (unpaired) electrons. The monoisotopic (exact) mass is 359 g/mol. The number of ether oxygens (including phenoxy) is 1. The summed E-state index contributed by atoms with van der Waals surface area (Å²) in [6, 6.07) is 6.90. The molecule has 22 heavy (non-hydrogen) atoms. The summed E-state index contributed by atoms with van der Waals surface area (Å²) in [6.07, 6.45) is 0. The maximum absolute atomic E-state index is 11.3. The molecule has 0 aliphatic carbocycles. The first-order chi connectivity index (χ1) is 10.3. The number of amides is 1. The minimum atomic E-state index is -0.559. The summed E-state index contributed by atoms with van der Waals surface area (Å²) < 4.78 is 6.37. The third kappa shape index (κ3) is 3.10. The minimum Gasteiger partial charge on any atom is -0.438 e. The highest BCUT2D eigenvalue weighted by molar-refractivity contribution is 9.10. The van der Waals surface area contributed by atoms with Crippen LogP contribution in [0.15, 0.2) is 22.7 Å². The van der Waals surface area contributed by atoms with Gasteiger partial charge >= 0.3 is 0 Å². The average Bonchev–Trinajstić information content (AvgIpc) is 2.44. The Morgan fingerprint density at radius 1 is 1.27 bits per heavy atom. The number of nitrogens with two attached hydrogens (primary N) is 1. The van der Waals surface area contributed by atoms with E-state index in [0.717, 1.165) is 16.8 Å². The molecule has 0 bridgehead atoms. The van der Waals surface area contributed by atoms with Crippen LogP contribution in [0.1, 0.15) is 32.7 Å². The number of aryl methyl sites for hydroxylation is 1. The second-order valence-corrected chi connectivity index (χ2v) is 5.80. The molecule has 0 saturated carbocycles. The molecule has 2 N–H and O–H groups in total. The quantitative estimate of drug-likeness (QED) is 0.907. The Labute approximate surface area is 136 Å². The topological polar surface area (TPSA) is 89.0 Å². The van der Waals surface area contributed by atoms with E-state index in [9.17, 15) is 10.1 Å². The van der Waals surface area contributed by atoms with Crippen molar-refractivity contribution in [3.05, 3.63) is 50.6 Å². The number of aromatic nitrogens is 1. The number of hydrogen-bond donors (Lipinski definition) is 1. The van der Waals surface area contributed by atoms with Crippen molar-refractivity contribution in [2.45, 2.75) is 20.8 Å². The predicted molar refractivity (Wildman–Crippen MR) is 85.9 cm³/mol. The molecule has 2 aromatic rings. The van der Waals surface area contributed by atoms with Gasteiger partial charge in [0.25, 0.3) is 0 Å². The van der Waals surface area contributed by atoms with Gasteiger partial charge in [0, 0.05) is 15.7 Å². The molecule has 1 amide bonds. The Kier molecular flexibility index (Phi) is 4.48. The summed E-state index contributed by atoms with van der Waals surface area (Å²) in [7, 11) is 0. The van der Waals surface area contributed by atoms with Crippen LogP contribution in [0.25, 0.3) is 0 Å². The number of carbonyl (C=O) groups excluding carboxylic acids is 1. The summed E-state index contributed by atoms with van der Waals surface area (Å²) in [5.74, 6) is 0.0438. The van der Waals surface area contributed by atoms with Crippen molar-refractivity contribution in [3.63, 3.8) is 0 Å². The van der Waals surface area contributed by atoms with Crippen molar-refractivity contribution in [1.29, 1.82) is 5.26 Å². The highest BCUT2D eigenvalue weighted by Gasteiger charge is 2.15. The van der Waals surface area contributed by atoms with E-state index in [2.05, 4.69) is 27.0 Å². The summed E-state index contributed by atoms with van der Waals surface area (Å²) in [5.41, 5.74) is 8.54. The number of nitrogens with zero attached hydrogens (tertiary/aromatic N) is 2. The molecule has 0 aliphatic heterocycles. The molecule has 0 fully saturated rings. The van der Waals surface area contributed by atoms with Crippen molar-refractivity contribution in [1.82, 2.24) is 4.98 Å². The van der Waals surface area contributed by atoms with E-state index < -0.39 is 5.91 Å². The molecule has 0 aliphatic rings. The van der Waals surface area contributed by atoms with Gasteiger partial charge in [-0.3, -0.25) is 4.79 Å². The van der Waals surface area contributed by atoms with Crippen LogP contribution in [0.5, 0.6) is 11.6 Å². The Bertz CT molecular complexity index is 810. The van der Waals surface area contributed by atoms with Gasteiger partial charge in [-0.2, -0.15) is 5.26 Å². The summed E-state index contributed by atoms with van der Waals surface area (Å²) in [4.78, 5) is 15.6. The molecule has 112 valence electrons. The number of hydrogen-bond acceptors (Lipinski definition) is 4. The first kappa shape index (κ1) is 16.0. The zero-order valence-corrected chi connectivity index (χ0v) is 14.0. The molecule has 0 atom stereocenters. The molecular formula is C16H14BrN3O2. The van der Waals surface area contributed by atoms with Gasteiger partial charge in [-0.15, -0.1) is 0 Å². The first-order valence-electron chi connectivity index (χ1n) is 6.49. The van der Waals surface area contributed by atoms with Gasteiger partial charge < -0.3 is 10.5 Å². The molecular weight excluding hydrogens is 346 g/mol. The van der Waals surface area contributed by atoms with Crippen molar-refractivity contribution in [3.8, 4) is 17.7 Å². The Morgan fingerprint density at radius 2 is 1.95 bits per heavy atom. The van der Waals surface area contributed by atoms with Crippen LogP contribution >= 0.6 is 15.9 Å². The van der Waals surface area contributed by atoms with Gasteiger partial charge in [0.1, 0.15) is 17.4 Å². The fourth-order valence-electron chi connectivity index (χ4n) is 1.99. The number of primary amides is 1. The van der Waals surface area contributed by atoms with Crippen LogP contribution in [0, 0.1) is 32.1 Å². The summed E-state index contributed by atoms with van der Waals surface area (Å²) >= 11 is 3.30. The predicted octanol–water partition coefficient (Wildman–Crippen LogP) is 3.53. The van der Waals surface area contributed by atoms with Crippen LogP contribution < -0.4 is 10.5 Å². The number of benzene rings is 1. The number of pyridine rings is 1. The number of nitriles is 1. The third-order valence-electron chi connectivity index (χ3n) is 3.45. The fourth-order valence-corrected chi connectivity index (χ4v) is 2.46. The van der Waals surface area contributed by atoms with E-state index in [0.29, 0.717) is 21.3 Å². The maximum Gasteiger partial charge on any atom is 0.248 e. The largest absolute Gasteiger partial charge is 0.438 e. The van der Waals surface area contributed by atoms with E-state index in [1.807, 2.05) is 20.8 Å². The molecule has 0 saturated heterocycles. The molecule has 1 aromatic carbocycles. The lowest BCUT2D eigenvalue weighted by molar-refractivity contribution is 0.1000. The van der Waals surface area contributed by atoms with Crippen LogP contribution in [-0.4, -0.2) is 10.9 Å². The van der Waals surface area contributed by atoms with E-state index in [4.69, 9.17) is 10.5 Å². The fraction of sp³-hybridized carbons (Fsp3) is 0.188. The second kappa shape index (κ2) is 6.16. The molecule has 0 spiro atoms. The summed E-state index contributed by atoms with van der Waals surface area (Å²) in [6.45, 7) is 5.61. The van der Waals surface area contributed by atoms with Crippen LogP contribution in [0.4, 0.5) is 0 Å². The zero-order chi connectivity index (χ0) is 16.4. The SMILES string of the molecule is Cc1nc(Oc2cc(Br)cc(C(N)=O)c2)c(C#N)c(C)c1C. The van der Waals surface area contributed by atoms with Gasteiger partial charge in [-0.1, -0.05) is 15.9 Å². The third-order valence-corrected chi connectivity index (χ3v) is 3.90. The lowest BCUT2D eigenvalue weighted by Gasteiger charge is -2.13. The van der Waals surface area contributed by atoms with Gasteiger partial charge in [0.05, 0.1) is 0 Å². The zero-order valence-electron chi connectivity index (χ0n) is 12.4. The molecule has 1 heterocycles. The Balaban J connectivity index is 2.52. The minimum absolute atomic E-state index is 0.219. The van der Waals surface area contributed by atoms with E-state index in [1.54, 1.807) is 12.1 Å². The van der Waals surface area contributed by atoms with Crippen molar-refractivity contribution in [2.75, 3.05) is 0 Å². The number of rotatable bonds is 3. The van der Waals surface area contributed by atoms with Crippen LogP contribution in [0.2, 0.25) is 0 Å². The molecule has 1 aromatic heterocycles. The van der Waals surface area contributed by atoms with Crippen molar-refractivity contribution >= 4 is 21.8 Å². The number of halogens is 1. The van der Waals surface area contributed by atoms with Gasteiger partial charge in [0.15, 0.2) is 0 Å². The maximum atomic E-state index is 11.3. The van der Waals surface area contributed by atoms with Crippen LogP contribution in [-0.2, 0) is 0 Å². The lowest BCUT2D eigenvalue weighted by atomic mass is 10.0. The lowest BCUT2D eigenvalue weighted by Crippen LogP contribution is -2.11. The Morgan fingerprint density at radius 3 is 2.55 bits per heavy atom. The number of carbonyl (C=O) groups is 1. The normalized spacial score (nSPS) is 10.1. The average molecular weight is 360 g/mol. The highest BCUT2D eigenvalue weighted by atomic mass is 79.9. The Hall–Kier alpha value is -2.39. The van der Waals surface area contributed by atoms with Gasteiger partial charge in [-0.25, -0.2) is 4.98 Å². The highest BCUT2D eigenvalue weighted by Crippen LogP contribution is 2.30. The van der Waals surface area contributed by atoms with Gasteiger partial charge in [-0.05, 0) is 50.1 Å². The molecule has 5 nitrogen and oxygen atoms in total. The summed E-state index contributed by atoms with van der Waals surface area (Å²) in [5, 5.41) is 9.34. The van der Waals surface area contributed by atoms with Crippen molar-refractivity contribution in [2.24, 2.45) is 5.73 Å². The standard InChI is InChI=1S/C16H14BrN3O2/c1-8-9(2)14(7-18)16(20-10(8)3)22-13-5-11(15(19)21)4-12(17)6-13/h4-6H,1-3H3,(H2,19,21). The first-order valence-corrected chi connectivity index (χ1v) is 7.29. The van der Waals surface area contributed by atoms with Crippen LogP contribution in [0.3, 0.4) is 0 Å². The van der Waals surface area contributed by atoms with E-state index in [-0.39, 0.29) is 5.88 Å². The molecule has 6 heteroatoms. The second-order valence-electron chi connectivity index (χ2n) is 4.88. The van der Waals surface area contributed by atoms with Gasteiger partial charge in [0.2, 0.25) is 11.8 Å².